The van der Waals surface area contributed by atoms with Gasteiger partial charge in [0.15, 0.2) is 0 Å². The van der Waals surface area contributed by atoms with Crippen molar-refractivity contribution in [2.45, 2.75) is 20.0 Å². The first-order valence-electron chi connectivity index (χ1n) is 10.7. The van der Waals surface area contributed by atoms with E-state index in [1.54, 1.807) is 57.5 Å². The lowest BCUT2D eigenvalue weighted by molar-refractivity contribution is 0.0522. The van der Waals surface area contributed by atoms with E-state index in [0.717, 1.165) is 15.7 Å². The van der Waals surface area contributed by atoms with Gasteiger partial charge < -0.3 is 19.2 Å². The first-order chi connectivity index (χ1) is 16.5. The van der Waals surface area contributed by atoms with Crippen LogP contribution in [0.3, 0.4) is 0 Å². The van der Waals surface area contributed by atoms with E-state index in [9.17, 15) is 14.4 Å². The Morgan fingerprint density at radius 2 is 1.38 bits per heavy atom. The number of methoxy groups -OCH3 is 2. The molecule has 0 unspecified atom stereocenters. The number of aromatic amines is 1. The Kier molecular flexibility index (Phi) is 6.53. The Balaban J connectivity index is 1.88. The number of nitrogens with one attached hydrogen (secondary N) is 1. The molecule has 4 aromatic rings. The Morgan fingerprint density at radius 3 is 1.88 bits per heavy atom. The molecule has 9 nitrogen and oxygen atoms in total. The van der Waals surface area contributed by atoms with E-state index in [2.05, 4.69) is 4.98 Å². The number of carbonyl (C=O) groups is 1. The molecule has 0 aliphatic heterocycles. The zero-order valence-electron chi connectivity index (χ0n) is 19.2. The number of nitrogens with zero attached hydrogens (tertiary/aromatic N) is 2. The predicted octanol–water partition coefficient (Wildman–Crippen LogP) is 2.78. The second-order valence-electron chi connectivity index (χ2n) is 7.60. The molecule has 0 aliphatic rings. The van der Waals surface area contributed by atoms with Gasteiger partial charge in [0, 0.05) is 6.20 Å². The summed E-state index contributed by atoms with van der Waals surface area (Å²) >= 11 is 0. The van der Waals surface area contributed by atoms with Gasteiger partial charge in [-0.2, -0.15) is 0 Å². The van der Waals surface area contributed by atoms with Gasteiger partial charge >= 0.3 is 11.7 Å². The van der Waals surface area contributed by atoms with Crippen LogP contribution in [-0.4, -0.2) is 40.9 Å². The number of esters is 1. The molecule has 2 aromatic heterocycles. The van der Waals surface area contributed by atoms with Crippen LogP contribution in [-0.2, 0) is 17.8 Å². The Morgan fingerprint density at radius 1 is 0.853 bits per heavy atom. The van der Waals surface area contributed by atoms with Crippen molar-refractivity contribution in [3.05, 3.63) is 92.4 Å². The number of hydrogen-bond acceptors (Lipinski definition) is 6. The van der Waals surface area contributed by atoms with Gasteiger partial charge in [0.1, 0.15) is 17.2 Å². The van der Waals surface area contributed by atoms with Crippen LogP contribution in [0.25, 0.3) is 10.9 Å². The average molecular weight is 463 g/mol. The van der Waals surface area contributed by atoms with Gasteiger partial charge in [-0.1, -0.05) is 24.3 Å². The van der Waals surface area contributed by atoms with E-state index in [0.29, 0.717) is 11.5 Å². The van der Waals surface area contributed by atoms with Gasteiger partial charge in [-0.3, -0.25) is 13.9 Å². The summed E-state index contributed by atoms with van der Waals surface area (Å²) in [4.78, 5) is 42.3. The number of ether oxygens (including phenoxy) is 3. The van der Waals surface area contributed by atoms with Crippen LogP contribution in [0, 0.1) is 0 Å². The molecule has 2 heterocycles. The molecule has 0 aliphatic carbocycles. The number of aromatic nitrogens is 3. The highest BCUT2D eigenvalue weighted by molar-refractivity contribution is 6.01. The summed E-state index contributed by atoms with van der Waals surface area (Å²) in [6.07, 6.45) is 1.44. The third-order valence-corrected chi connectivity index (χ3v) is 5.54. The monoisotopic (exact) mass is 463 g/mol. The van der Waals surface area contributed by atoms with Crippen molar-refractivity contribution in [2.24, 2.45) is 0 Å². The van der Waals surface area contributed by atoms with E-state index in [4.69, 9.17) is 14.2 Å². The number of carbonyl (C=O) groups excluding carboxylic acids is 1. The topological polar surface area (TPSA) is 105 Å². The highest BCUT2D eigenvalue weighted by Crippen LogP contribution is 2.19. The maximum Gasteiger partial charge on any atom is 0.356 e. The van der Waals surface area contributed by atoms with E-state index < -0.39 is 17.2 Å². The SMILES string of the molecule is CCOC(=O)c1[nH]cc2c(=O)n(Cc3ccc(OC)cc3)c(=O)n(Cc3ccc(OC)cc3)c12. The largest absolute Gasteiger partial charge is 0.497 e. The van der Waals surface area contributed by atoms with Gasteiger partial charge in [-0.25, -0.2) is 9.59 Å². The Hall–Kier alpha value is -4.27. The van der Waals surface area contributed by atoms with Crippen LogP contribution >= 0.6 is 0 Å². The minimum absolute atomic E-state index is 0.0659. The second kappa shape index (κ2) is 9.70. The van der Waals surface area contributed by atoms with Crippen molar-refractivity contribution < 1.29 is 19.0 Å². The molecule has 4 rings (SSSR count). The third kappa shape index (κ3) is 4.32. The van der Waals surface area contributed by atoms with E-state index in [1.807, 2.05) is 12.1 Å². The maximum atomic E-state index is 13.6. The van der Waals surface area contributed by atoms with Crippen LogP contribution in [0.4, 0.5) is 0 Å². The summed E-state index contributed by atoms with van der Waals surface area (Å²) in [5.74, 6) is 0.723. The van der Waals surface area contributed by atoms with Crippen LogP contribution in [0.2, 0.25) is 0 Å². The standard InChI is InChI=1S/C25H25N3O6/c1-4-34-24(30)21-22-20(13-26-21)23(29)28(15-17-7-11-19(33-3)12-8-17)25(31)27(22)14-16-5-9-18(32-2)10-6-16/h5-13,26H,4,14-15H2,1-3H3. The molecular formula is C25H25N3O6. The summed E-state index contributed by atoms with van der Waals surface area (Å²) in [6, 6.07) is 14.4. The van der Waals surface area contributed by atoms with Crippen LogP contribution < -0.4 is 20.7 Å². The van der Waals surface area contributed by atoms with Crippen LogP contribution in [0.15, 0.2) is 64.3 Å². The lowest BCUT2D eigenvalue weighted by Crippen LogP contribution is -2.40. The molecule has 1 N–H and O–H groups in total. The van der Waals surface area contributed by atoms with Gasteiger partial charge in [0.05, 0.1) is 44.8 Å². The summed E-state index contributed by atoms with van der Waals surface area (Å²) in [6.45, 7) is 2.07. The van der Waals surface area contributed by atoms with E-state index in [-0.39, 0.29) is 36.3 Å². The second-order valence-corrected chi connectivity index (χ2v) is 7.60. The summed E-state index contributed by atoms with van der Waals surface area (Å²) in [5.41, 5.74) is 0.820. The molecule has 34 heavy (non-hydrogen) atoms. The first kappa shape index (κ1) is 22.9. The highest BCUT2D eigenvalue weighted by atomic mass is 16.5. The summed E-state index contributed by atoms with van der Waals surface area (Å²) < 4.78 is 18.1. The number of H-pyrrole nitrogens is 1. The van der Waals surface area contributed by atoms with E-state index >= 15 is 0 Å². The van der Waals surface area contributed by atoms with Crippen molar-refractivity contribution in [3.63, 3.8) is 0 Å². The predicted molar refractivity (Wildman–Crippen MR) is 127 cm³/mol. The fourth-order valence-electron chi connectivity index (χ4n) is 3.80. The zero-order chi connectivity index (χ0) is 24.2. The minimum atomic E-state index is -0.632. The number of benzene rings is 2. The molecule has 0 bridgehead atoms. The zero-order valence-corrected chi connectivity index (χ0v) is 19.2. The number of rotatable bonds is 8. The lowest BCUT2D eigenvalue weighted by atomic mass is 10.2. The summed E-state index contributed by atoms with van der Waals surface area (Å²) in [7, 11) is 3.14. The molecule has 176 valence electrons. The molecule has 0 saturated heterocycles. The van der Waals surface area contributed by atoms with Crippen molar-refractivity contribution in [2.75, 3.05) is 20.8 Å². The van der Waals surface area contributed by atoms with E-state index in [1.165, 1.54) is 10.8 Å². The molecule has 0 atom stereocenters. The van der Waals surface area contributed by atoms with Crippen molar-refractivity contribution in [3.8, 4) is 11.5 Å². The van der Waals surface area contributed by atoms with Gasteiger partial charge in [-0.05, 0) is 42.3 Å². The van der Waals surface area contributed by atoms with Crippen molar-refractivity contribution in [1.82, 2.24) is 14.1 Å². The fraction of sp³-hybridized carbons (Fsp3) is 0.240. The normalized spacial score (nSPS) is 10.9. The molecule has 0 saturated carbocycles. The minimum Gasteiger partial charge on any atom is -0.497 e. The fourth-order valence-corrected chi connectivity index (χ4v) is 3.80. The maximum absolute atomic E-state index is 13.6. The average Bonchev–Trinajstić information content (AvgIpc) is 3.31. The molecule has 2 aromatic carbocycles. The molecule has 0 spiro atoms. The van der Waals surface area contributed by atoms with Crippen LogP contribution in [0.1, 0.15) is 28.5 Å². The van der Waals surface area contributed by atoms with Gasteiger partial charge in [0.25, 0.3) is 5.56 Å². The third-order valence-electron chi connectivity index (χ3n) is 5.54. The summed E-state index contributed by atoms with van der Waals surface area (Å²) in [5, 5.41) is 0.227. The molecule has 9 heteroatoms. The molecular weight excluding hydrogens is 438 g/mol. The van der Waals surface area contributed by atoms with Gasteiger partial charge in [-0.15, -0.1) is 0 Å². The molecule has 0 radical (unpaired) electrons. The van der Waals surface area contributed by atoms with Crippen LogP contribution in [0.5, 0.6) is 11.5 Å². The van der Waals surface area contributed by atoms with Crippen molar-refractivity contribution >= 4 is 16.9 Å². The number of fused-ring (bicyclic) bond motifs is 1. The Labute approximate surface area is 195 Å². The smallest absolute Gasteiger partial charge is 0.356 e. The molecule has 0 amide bonds. The quantitative estimate of drug-likeness (QED) is 0.403. The first-order valence-corrected chi connectivity index (χ1v) is 10.7. The lowest BCUT2D eigenvalue weighted by Gasteiger charge is -2.14. The molecule has 0 fully saturated rings. The number of hydrogen-bond donors (Lipinski definition) is 1. The highest BCUT2D eigenvalue weighted by Gasteiger charge is 2.22. The Bertz CT molecular complexity index is 1430. The van der Waals surface area contributed by atoms with Gasteiger partial charge in [0.2, 0.25) is 0 Å². The van der Waals surface area contributed by atoms with Crippen molar-refractivity contribution in [1.29, 1.82) is 0 Å².